The van der Waals surface area contributed by atoms with Gasteiger partial charge in [-0.25, -0.2) is 19.6 Å². The summed E-state index contributed by atoms with van der Waals surface area (Å²) in [6.07, 6.45) is 0.787. The molecule has 37 heavy (non-hydrogen) atoms. The summed E-state index contributed by atoms with van der Waals surface area (Å²) in [7, 11) is 0. The smallest absolute Gasteiger partial charge is 0.416 e. The van der Waals surface area contributed by atoms with Crippen LogP contribution in [0.5, 0.6) is 5.75 Å². The van der Waals surface area contributed by atoms with Crippen LogP contribution in [0.3, 0.4) is 0 Å². The largest absolute Gasteiger partial charge is 0.508 e. The molecule has 202 valence electrons. The van der Waals surface area contributed by atoms with Crippen molar-refractivity contribution in [3.8, 4) is 17.0 Å². The van der Waals surface area contributed by atoms with E-state index in [0.29, 0.717) is 49.1 Å². The van der Waals surface area contributed by atoms with Gasteiger partial charge in [-0.3, -0.25) is 4.90 Å². The van der Waals surface area contributed by atoms with Crippen LogP contribution in [-0.4, -0.2) is 75.6 Å². The quantitative estimate of drug-likeness (QED) is 0.605. The number of hydrogen-bond acceptors (Lipinski definition) is 8. The molecule has 1 N–H and O–H groups in total. The molecular formula is C27H39N5O5. The number of aromatic nitrogens is 2. The molecular weight excluding hydrogens is 474 g/mol. The van der Waals surface area contributed by atoms with E-state index in [2.05, 4.69) is 4.98 Å². The Morgan fingerprint density at radius 2 is 1.59 bits per heavy atom. The molecule has 3 heterocycles. The number of carbonyl (C=O) groups excluding carboxylic acids is 2. The van der Waals surface area contributed by atoms with Crippen LogP contribution in [-0.2, 0) is 9.47 Å². The highest BCUT2D eigenvalue weighted by molar-refractivity contribution is 5.88. The number of ether oxygens (including phenoxy) is 2. The van der Waals surface area contributed by atoms with Gasteiger partial charge in [0.2, 0.25) is 0 Å². The van der Waals surface area contributed by atoms with Crippen molar-refractivity contribution in [3.05, 3.63) is 30.5 Å². The topological polar surface area (TPSA) is 108 Å². The van der Waals surface area contributed by atoms with Crippen molar-refractivity contribution in [2.24, 2.45) is 0 Å². The number of amides is 2. The summed E-state index contributed by atoms with van der Waals surface area (Å²) in [5, 5.41) is 10.5. The minimum Gasteiger partial charge on any atom is -0.508 e. The molecule has 2 aromatic rings. The molecule has 10 nitrogen and oxygen atoms in total. The maximum absolute atomic E-state index is 12.9. The lowest BCUT2D eigenvalue weighted by molar-refractivity contribution is 0.0240. The monoisotopic (exact) mass is 513 g/mol. The second-order valence-corrected chi connectivity index (χ2v) is 11.4. The molecule has 1 fully saturated rings. The molecule has 1 saturated heterocycles. The lowest BCUT2D eigenvalue weighted by Gasteiger charge is -2.36. The lowest BCUT2D eigenvalue weighted by Crippen LogP contribution is -2.50. The van der Waals surface area contributed by atoms with Crippen LogP contribution >= 0.6 is 0 Å². The van der Waals surface area contributed by atoms with E-state index in [1.54, 1.807) is 35.4 Å². The highest BCUT2D eigenvalue weighted by atomic mass is 16.6. The van der Waals surface area contributed by atoms with Crippen molar-refractivity contribution in [1.82, 2.24) is 14.9 Å². The second-order valence-electron chi connectivity index (χ2n) is 11.4. The number of aromatic hydroxyl groups is 1. The summed E-state index contributed by atoms with van der Waals surface area (Å²) in [5.41, 5.74) is 0.0511. The number of nitrogens with zero attached hydrogens (tertiary/aromatic N) is 5. The minimum absolute atomic E-state index is 0.0702. The van der Waals surface area contributed by atoms with E-state index < -0.39 is 17.3 Å². The van der Waals surface area contributed by atoms with Gasteiger partial charge in [0.1, 0.15) is 28.6 Å². The Balaban J connectivity index is 1.81. The number of piperazine rings is 1. The van der Waals surface area contributed by atoms with Gasteiger partial charge < -0.3 is 24.4 Å². The van der Waals surface area contributed by atoms with Crippen LogP contribution in [0.2, 0.25) is 0 Å². The molecule has 0 bridgehead atoms. The van der Waals surface area contributed by atoms with Crippen LogP contribution in [0.1, 0.15) is 55.4 Å². The zero-order chi connectivity index (χ0) is 27.5. The first-order chi connectivity index (χ1) is 17.1. The Hall–Kier alpha value is -3.56. The van der Waals surface area contributed by atoms with Gasteiger partial charge in [0.25, 0.3) is 0 Å². The molecule has 0 radical (unpaired) electrons. The number of pyridine rings is 2. The van der Waals surface area contributed by atoms with Crippen LogP contribution < -0.4 is 9.80 Å². The molecule has 10 heteroatoms. The molecule has 0 atom stereocenters. The van der Waals surface area contributed by atoms with Gasteiger partial charge in [0, 0.05) is 56.1 Å². The SMILES string of the molecule is CC(C)N(C(=O)OC(C)(C)C)c1cc(-c2cc(O)cc(N3CCN(C(=O)OC(C)(C)C)CC3)n2)ccn1. The van der Waals surface area contributed by atoms with E-state index in [9.17, 15) is 14.7 Å². The Kier molecular flexibility index (Phi) is 8.19. The van der Waals surface area contributed by atoms with Crippen molar-refractivity contribution in [2.75, 3.05) is 36.0 Å². The van der Waals surface area contributed by atoms with E-state index in [1.807, 2.05) is 60.3 Å². The highest BCUT2D eigenvalue weighted by Crippen LogP contribution is 2.29. The third kappa shape index (κ3) is 7.71. The van der Waals surface area contributed by atoms with Crippen molar-refractivity contribution < 1.29 is 24.2 Å². The third-order valence-corrected chi connectivity index (χ3v) is 5.45. The lowest BCUT2D eigenvalue weighted by atomic mass is 10.1. The molecule has 3 rings (SSSR count). The number of rotatable bonds is 4. The molecule has 1 aliphatic rings. The predicted octanol–water partition coefficient (Wildman–Crippen LogP) is 5.06. The van der Waals surface area contributed by atoms with E-state index in [4.69, 9.17) is 14.5 Å². The van der Waals surface area contributed by atoms with E-state index >= 15 is 0 Å². The Morgan fingerprint density at radius 3 is 2.16 bits per heavy atom. The van der Waals surface area contributed by atoms with Gasteiger partial charge >= 0.3 is 12.2 Å². The zero-order valence-electron chi connectivity index (χ0n) is 23.1. The van der Waals surface area contributed by atoms with Gasteiger partial charge in [0.05, 0.1) is 5.69 Å². The molecule has 2 aromatic heterocycles. The molecule has 0 saturated carbocycles. The molecule has 0 unspecified atom stereocenters. The third-order valence-electron chi connectivity index (χ3n) is 5.45. The van der Waals surface area contributed by atoms with Crippen molar-refractivity contribution in [2.45, 2.75) is 72.6 Å². The average molecular weight is 514 g/mol. The highest BCUT2D eigenvalue weighted by Gasteiger charge is 2.28. The van der Waals surface area contributed by atoms with Crippen LogP contribution in [0, 0.1) is 0 Å². The Bertz CT molecular complexity index is 1110. The van der Waals surface area contributed by atoms with E-state index in [1.165, 1.54) is 4.90 Å². The Labute approximate surface area is 219 Å². The second kappa shape index (κ2) is 10.8. The van der Waals surface area contributed by atoms with Gasteiger partial charge in [-0.2, -0.15) is 0 Å². The van der Waals surface area contributed by atoms with Crippen molar-refractivity contribution in [1.29, 1.82) is 0 Å². The first kappa shape index (κ1) is 28.0. The minimum atomic E-state index is -0.642. The summed E-state index contributed by atoms with van der Waals surface area (Å²) in [6, 6.07) is 6.54. The zero-order valence-corrected chi connectivity index (χ0v) is 23.1. The van der Waals surface area contributed by atoms with Gasteiger partial charge in [-0.15, -0.1) is 0 Å². The molecule has 2 amide bonds. The Morgan fingerprint density at radius 1 is 0.973 bits per heavy atom. The van der Waals surface area contributed by atoms with E-state index in [0.717, 1.165) is 0 Å². The van der Waals surface area contributed by atoms with Gasteiger partial charge in [-0.05, 0) is 67.5 Å². The molecule has 0 aliphatic carbocycles. The summed E-state index contributed by atoms with van der Waals surface area (Å²) in [6.45, 7) is 16.8. The molecule has 1 aliphatic heterocycles. The summed E-state index contributed by atoms with van der Waals surface area (Å²) in [5.74, 6) is 1.10. The predicted molar refractivity (Wildman–Crippen MR) is 143 cm³/mol. The average Bonchev–Trinajstić information content (AvgIpc) is 2.76. The fourth-order valence-corrected chi connectivity index (χ4v) is 3.85. The standard InChI is InChI=1S/C27H39N5O5/c1-18(2)32(25(35)37-27(6,7)8)22-15-19(9-10-28-22)21-16-20(33)17-23(29-21)30-11-13-31(14-12-30)24(34)36-26(3,4)5/h9-10,15-18H,11-14H2,1-8H3,(H,29,33). The summed E-state index contributed by atoms with van der Waals surface area (Å²) >= 11 is 0. The van der Waals surface area contributed by atoms with Gasteiger partial charge in [-0.1, -0.05) is 0 Å². The fourth-order valence-electron chi connectivity index (χ4n) is 3.85. The number of hydrogen-bond donors (Lipinski definition) is 1. The van der Waals surface area contributed by atoms with Crippen molar-refractivity contribution in [3.63, 3.8) is 0 Å². The first-order valence-corrected chi connectivity index (χ1v) is 12.6. The normalized spacial score (nSPS) is 14.5. The van der Waals surface area contributed by atoms with E-state index in [-0.39, 0.29) is 17.9 Å². The first-order valence-electron chi connectivity index (χ1n) is 12.6. The summed E-state index contributed by atoms with van der Waals surface area (Å²) < 4.78 is 11.1. The number of anilines is 2. The van der Waals surface area contributed by atoms with Crippen molar-refractivity contribution >= 4 is 23.8 Å². The van der Waals surface area contributed by atoms with Gasteiger partial charge in [0.15, 0.2) is 0 Å². The fraction of sp³-hybridized carbons (Fsp3) is 0.556. The summed E-state index contributed by atoms with van der Waals surface area (Å²) in [4.78, 5) is 39.6. The molecule has 0 spiro atoms. The number of carbonyl (C=O) groups is 2. The molecule has 0 aromatic carbocycles. The maximum Gasteiger partial charge on any atom is 0.416 e. The van der Waals surface area contributed by atoms with Crippen LogP contribution in [0.15, 0.2) is 30.5 Å². The van der Waals surface area contributed by atoms with Crippen LogP contribution in [0.4, 0.5) is 21.2 Å². The maximum atomic E-state index is 12.9. The van der Waals surface area contributed by atoms with Crippen LogP contribution in [0.25, 0.3) is 11.3 Å².